The molecule has 1 saturated heterocycles. The molecule has 18 heavy (non-hydrogen) atoms. The van der Waals surface area contributed by atoms with Gasteiger partial charge in [0, 0.05) is 24.0 Å². The van der Waals surface area contributed by atoms with Crippen LogP contribution in [-0.2, 0) is 0 Å². The number of aromatic nitrogens is 2. The minimum absolute atomic E-state index is 0.676. The summed E-state index contributed by atoms with van der Waals surface area (Å²) in [5.41, 5.74) is 1.58. The van der Waals surface area contributed by atoms with Gasteiger partial charge in [0.2, 0.25) is 0 Å². The van der Waals surface area contributed by atoms with Crippen LogP contribution >= 0.6 is 0 Å². The highest BCUT2D eigenvalue weighted by Gasteiger charge is 2.15. The number of carbonyl (C=O) groups excluding carboxylic acids is 1. The monoisotopic (exact) mass is 241 g/mol. The van der Waals surface area contributed by atoms with E-state index >= 15 is 0 Å². The normalized spacial score (nSPS) is 15.9. The molecule has 1 aromatic heterocycles. The van der Waals surface area contributed by atoms with Gasteiger partial charge in [-0.05, 0) is 37.5 Å². The first-order valence-electron chi connectivity index (χ1n) is 6.33. The first-order valence-corrected chi connectivity index (χ1v) is 6.33. The summed E-state index contributed by atoms with van der Waals surface area (Å²) >= 11 is 0. The van der Waals surface area contributed by atoms with Crippen LogP contribution in [0.5, 0.6) is 0 Å². The number of piperidine rings is 1. The fourth-order valence-electron chi connectivity index (χ4n) is 2.49. The van der Waals surface area contributed by atoms with Gasteiger partial charge in [0.1, 0.15) is 18.4 Å². The molecule has 1 aliphatic heterocycles. The SMILES string of the molecule is O=Cc1ccc2ncnc(N3CCCCC3)c2c1. The van der Waals surface area contributed by atoms with Crippen molar-refractivity contribution in [1.29, 1.82) is 0 Å². The fraction of sp³-hybridized carbons (Fsp3) is 0.357. The van der Waals surface area contributed by atoms with Crippen molar-refractivity contribution in [3.8, 4) is 0 Å². The summed E-state index contributed by atoms with van der Waals surface area (Å²) in [6.45, 7) is 2.08. The Bertz CT molecular complexity index is 576. The molecule has 4 heteroatoms. The van der Waals surface area contributed by atoms with E-state index in [9.17, 15) is 4.79 Å². The number of aldehydes is 1. The van der Waals surface area contributed by atoms with Crippen molar-refractivity contribution in [2.75, 3.05) is 18.0 Å². The van der Waals surface area contributed by atoms with E-state index in [1.54, 1.807) is 12.4 Å². The molecule has 3 rings (SSSR count). The largest absolute Gasteiger partial charge is 0.356 e. The molecule has 0 bridgehead atoms. The maximum absolute atomic E-state index is 10.9. The molecule has 2 heterocycles. The molecule has 4 nitrogen and oxygen atoms in total. The Morgan fingerprint density at radius 3 is 2.72 bits per heavy atom. The van der Waals surface area contributed by atoms with Crippen molar-refractivity contribution >= 4 is 23.0 Å². The maximum atomic E-state index is 10.9. The number of nitrogens with zero attached hydrogens (tertiary/aromatic N) is 3. The highest BCUT2D eigenvalue weighted by atomic mass is 16.1. The quantitative estimate of drug-likeness (QED) is 0.757. The predicted molar refractivity (Wildman–Crippen MR) is 71.0 cm³/mol. The second-order valence-corrected chi connectivity index (χ2v) is 4.64. The van der Waals surface area contributed by atoms with E-state index in [0.717, 1.165) is 36.1 Å². The van der Waals surface area contributed by atoms with E-state index in [1.165, 1.54) is 19.3 Å². The van der Waals surface area contributed by atoms with Crippen molar-refractivity contribution in [3.05, 3.63) is 30.1 Å². The zero-order valence-electron chi connectivity index (χ0n) is 10.2. The smallest absolute Gasteiger partial charge is 0.150 e. The van der Waals surface area contributed by atoms with E-state index in [0.29, 0.717) is 5.56 Å². The van der Waals surface area contributed by atoms with Gasteiger partial charge in [-0.25, -0.2) is 9.97 Å². The molecule has 0 amide bonds. The predicted octanol–water partition coefficient (Wildman–Crippen LogP) is 2.43. The summed E-state index contributed by atoms with van der Waals surface area (Å²) in [7, 11) is 0. The highest BCUT2D eigenvalue weighted by molar-refractivity contribution is 5.93. The van der Waals surface area contributed by atoms with Gasteiger partial charge in [-0.2, -0.15) is 0 Å². The molecule has 1 aliphatic rings. The van der Waals surface area contributed by atoms with Gasteiger partial charge in [0.25, 0.3) is 0 Å². The minimum atomic E-state index is 0.676. The average Bonchev–Trinajstić information content (AvgIpc) is 2.47. The molecule has 0 spiro atoms. The van der Waals surface area contributed by atoms with Crippen molar-refractivity contribution in [1.82, 2.24) is 9.97 Å². The third kappa shape index (κ3) is 1.94. The highest BCUT2D eigenvalue weighted by Crippen LogP contribution is 2.26. The van der Waals surface area contributed by atoms with Crippen molar-refractivity contribution in [2.24, 2.45) is 0 Å². The molecular formula is C14H15N3O. The molecule has 0 unspecified atom stereocenters. The van der Waals surface area contributed by atoms with E-state index in [4.69, 9.17) is 0 Å². The van der Waals surface area contributed by atoms with Crippen LogP contribution in [0.3, 0.4) is 0 Å². The molecule has 1 aromatic carbocycles. The summed E-state index contributed by atoms with van der Waals surface area (Å²) in [6.07, 6.45) is 6.18. The lowest BCUT2D eigenvalue weighted by atomic mass is 10.1. The number of benzene rings is 1. The lowest BCUT2D eigenvalue weighted by Gasteiger charge is -2.28. The maximum Gasteiger partial charge on any atom is 0.150 e. The summed E-state index contributed by atoms with van der Waals surface area (Å²) in [4.78, 5) is 21.8. The number of fused-ring (bicyclic) bond motifs is 1. The summed E-state index contributed by atoms with van der Waals surface area (Å²) in [5, 5.41) is 0.976. The molecule has 2 aromatic rings. The van der Waals surface area contributed by atoms with Crippen molar-refractivity contribution in [3.63, 3.8) is 0 Å². The molecule has 0 saturated carbocycles. The summed E-state index contributed by atoms with van der Waals surface area (Å²) in [5.74, 6) is 0.961. The lowest BCUT2D eigenvalue weighted by Crippen LogP contribution is -2.30. The Labute approximate surface area is 106 Å². The summed E-state index contributed by atoms with van der Waals surface area (Å²) < 4.78 is 0. The Morgan fingerprint density at radius 1 is 1.11 bits per heavy atom. The number of carbonyl (C=O) groups is 1. The second-order valence-electron chi connectivity index (χ2n) is 4.64. The molecule has 0 atom stereocenters. The average molecular weight is 241 g/mol. The molecule has 0 aliphatic carbocycles. The molecule has 0 N–H and O–H groups in total. The zero-order valence-corrected chi connectivity index (χ0v) is 10.2. The van der Waals surface area contributed by atoms with E-state index in [2.05, 4.69) is 14.9 Å². The standard InChI is InChI=1S/C14H15N3O/c18-9-11-4-5-13-12(8-11)14(16-10-15-13)17-6-2-1-3-7-17/h4-5,8-10H,1-3,6-7H2. The van der Waals surface area contributed by atoms with Gasteiger partial charge >= 0.3 is 0 Å². The Kier molecular flexibility index (Phi) is 2.92. The van der Waals surface area contributed by atoms with Gasteiger partial charge in [-0.15, -0.1) is 0 Å². The first-order chi connectivity index (χ1) is 8.88. The Balaban J connectivity index is 2.11. The lowest BCUT2D eigenvalue weighted by molar-refractivity contribution is 0.112. The summed E-state index contributed by atoms with van der Waals surface area (Å²) in [6, 6.07) is 5.56. The van der Waals surface area contributed by atoms with Crippen LogP contribution in [0.2, 0.25) is 0 Å². The van der Waals surface area contributed by atoms with Crippen molar-refractivity contribution < 1.29 is 4.79 Å². The molecule has 1 fully saturated rings. The van der Waals surface area contributed by atoms with E-state index < -0.39 is 0 Å². The fourth-order valence-corrected chi connectivity index (χ4v) is 2.49. The van der Waals surface area contributed by atoms with Gasteiger partial charge in [-0.1, -0.05) is 0 Å². The molecule has 0 radical (unpaired) electrons. The van der Waals surface area contributed by atoms with Crippen LogP contribution in [0.25, 0.3) is 10.9 Å². The third-order valence-electron chi connectivity index (χ3n) is 3.43. The Hall–Kier alpha value is -1.97. The van der Waals surface area contributed by atoms with Crippen LogP contribution < -0.4 is 4.90 Å². The second kappa shape index (κ2) is 4.72. The van der Waals surface area contributed by atoms with Crippen LogP contribution in [-0.4, -0.2) is 29.3 Å². The number of hydrogen-bond donors (Lipinski definition) is 0. The van der Waals surface area contributed by atoms with Crippen LogP contribution in [0.15, 0.2) is 24.5 Å². The topological polar surface area (TPSA) is 46.1 Å². The van der Waals surface area contributed by atoms with Gasteiger partial charge in [0.15, 0.2) is 0 Å². The molecule has 92 valence electrons. The van der Waals surface area contributed by atoms with Gasteiger partial charge in [0.05, 0.1) is 5.52 Å². The van der Waals surface area contributed by atoms with E-state index in [-0.39, 0.29) is 0 Å². The van der Waals surface area contributed by atoms with Crippen LogP contribution in [0.4, 0.5) is 5.82 Å². The Morgan fingerprint density at radius 2 is 1.94 bits per heavy atom. The number of hydrogen-bond acceptors (Lipinski definition) is 4. The van der Waals surface area contributed by atoms with Gasteiger partial charge in [-0.3, -0.25) is 4.79 Å². The van der Waals surface area contributed by atoms with Crippen molar-refractivity contribution in [2.45, 2.75) is 19.3 Å². The van der Waals surface area contributed by atoms with E-state index in [1.807, 2.05) is 12.1 Å². The van der Waals surface area contributed by atoms with Gasteiger partial charge < -0.3 is 4.90 Å². The first kappa shape index (κ1) is 11.1. The van der Waals surface area contributed by atoms with Crippen LogP contribution in [0.1, 0.15) is 29.6 Å². The van der Waals surface area contributed by atoms with Crippen LogP contribution in [0, 0.1) is 0 Å². The molecular weight excluding hydrogens is 226 g/mol. The minimum Gasteiger partial charge on any atom is -0.356 e. The number of anilines is 1. The zero-order chi connectivity index (χ0) is 12.4. The number of rotatable bonds is 2. The third-order valence-corrected chi connectivity index (χ3v) is 3.43.